The maximum atomic E-state index is 14.6. The van der Waals surface area contributed by atoms with Crippen LogP contribution in [0, 0.1) is 0 Å². The Morgan fingerprint density at radius 2 is 1.80 bits per heavy atom. The van der Waals surface area contributed by atoms with Gasteiger partial charge in [0.25, 0.3) is 18.6 Å². The van der Waals surface area contributed by atoms with Crippen molar-refractivity contribution >= 4 is 22.9 Å². The van der Waals surface area contributed by atoms with Crippen molar-refractivity contribution in [2.45, 2.75) is 38.2 Å². The summed E-state index contributed by atoms with van der Waals surface area (Å²) in [6, 6.07) is 26.9. The summed E-state index contributed by atoms with van der Waals surface area (Å²) in [7, 11) is 0. The van der Waals surface area contributed by atoms with Crippen molar-refractivity contribution in [3.8, 4) is 28.6 Å². The molecule has 3 aromatic carbocycles. The Hall–Kier alpha value is -7.09. The number of anilines is 1. The lowest BCUT2D eigenvalue weighted by atomic mass is 10.0. The first-order valence-corrected chi connectivity index (χ1v) is 17.5. The van der Waals surface area contributed by atoms with E-state index >= 15 is 0 Å². The molecule has 12 nitrogen and oxygen atoms in total. The predicted octanol–water partition coefficient (Wildman–Crippen LogP) is 7.70. The molecule has 0 fully saturated rings. The maximum absolute atomic E-state index is 14.6. The fourth-order valence-corrected chi connectivity index (χ4v) is 7.04. The molecule has 14 heteroatoms. The second-order valence-electron chi connectivity index (χ2n) is 13.1. The molecule has 274 valence electrons. The quantitative estimate of drug-likeness (QED) is 0.144. The first-order chi connectivity index (χ1) is 26.9. The Labute approximate surface area is 312 Å². The van der Waals surface area contributed by atoms with Crippen LogP contribution in [0.5, 0.6) is 5.75 Å². The number of rotatable bonds is 10. The van der Waals surface area contributed by atoms with Gasteiger partial charge < -0.3 is 25.3 Å². The minimum Gasteiger partial charge on any atom is -0.488 e. The van der Waals surface area contributed by atoms with E-state index in [0.717, 1.165) is 16.7 Å². The number of pyridine rings is 2. The van der Waals surface area contributed by atoms with E-state index in [0.29, 0.717) is 53.4 Å². The number of aryl methyl sites for hydroxylation is 1. The van der Waals surface area contributed by atoms with Crippen LogP contribution in [-0.2, 0) is 22.5 Å². The summed E-state index contributed by atoms with van der Waals surface area (Å²) in [5, 5.41) is 7.41. The SMILES string of the molecule is Nc1ncccc1-c1nc2c(C(F)F)cc(-n3cccn3)nc2n1-c1ccc2c(c1)CC[C@@H]2NC(=O)c1ccc(OCc2ccccc2)c(C2OC=CO2)c1. The lowest BCUT2D eigenvalue weighted by molar-refractivity contribution is -0.0266. The third-order valence-corrected chi connectivity index (χ3v) is 9.68. The van der Waals surface area contributed by atoms with E-state index in [-0.39, 0.29) is 40.3 Å². The molecule has 1 aliphatic heterocycles. The lowest BCUT2D eigenvalue weighted by Gasteiger charge is -2.19. The molecular formula is C41H32F2N8O4. The maximum Gasteiger partial charge on any atom is 0.269 e. The number of carbonyl (C=O) groups excluding carboxylic acids is 1. The van der Waals surface area contributed by atoms with Crippen LogP contribution in [-0.4, -0.2) is 35.2 Å². The average Bonchev–Trinajstić information content (AvgIpc) is 4.05. The standard InChI is InChI=1S/C41H32F2N8O4/c42-36(43)31-22-34(50-17-5-16-46-50)48-39-35(31)49-38(29-8-4-15-45-37(29)44)51(39)27-11-12-28-25(20-27)9-13-32(28)47-40(52)26-10-14-33(30(21-26)41-53-18-19-54-41)55-23-24-6-2-1-3-7-24/h1-8,10-12,14-22,32,36,41H,9,13,23H2,(H2,44,45)(H,47,52)/t32-/m0/s1. The second kappa shape index (κ2) is 14.0. The Bertz CT molecular complexity index is 2570. The molecule has 0 bridgehead atoms. The highest BCUT2D eigenvalue weighted by Crippen LogP contribution is 2.39. The van der Waals surface area contributed by atoms with Crippen LogP contribution in [0.15, 0.2) is 122 Å². The molecule has 2 aliphatic rings. The number of carbonyl (C=O) groups is 1. The smallest absolute Gasteiger partial charge is 0.269 e. The molecule has 1 atom stereocenters. The highest BCUT2D eigenvalue weighted by molar-refractivity contribution is 5.95. The summed E-state index contributed by atoms with van der Waals surface area (Å²) in [6.45, 7) is 0.335. The second-order valence-corrected chi connectivity index (χ2v) is 13.1. The number of benzene rings is 3. The van der Waals surface area contributed by atoms with Crippen molar-refractivity contribution in [1.82, 2.24) is 34.6 Å². The molecular weight excluding hydrogens is 706 g/mol. The van der Waals surface area contributed by atoms with Gasteiger partial charge in [-0.3, -0.25) is 9.36 Å². The number of halogens is 2. The van der Waals surface area contributed by atoms with Crippen LogP contribution in [0.2, 0.25) is 0 Å². The molecule has 3 N–H and O–H groups in total. The normalized spacial score (nSPS) is 14.9. The molecule has 0 saturated carbocycles. The number of nitrogens with two attached hydrogens (primary N) is 1. The van der Waals surface area contributed by atoms with Crippen molar-refractivity contribution < 1.29 is 27.8 Å². The van der Waals surface area contributed by atoms with E-state index in [1.54, 1.807) is 59.6 Å². The molecule has 9 rings (SSSR count). The average molecular weight is 739 g/mol. The minimum absolute atomic E-state index is 0.0369. The van der Waals surface area contributed by atoms with Crippen LogP contribution < -0.4 is 15.8 Å². The Balaban J connectivity index is 1.04. The number of hydrogen-bond donors (Lipinski definition) is 2. The zero-order valence-electron chi connectivity index (χ0n) is 29.0. The summed E-state index contributed by atoms with van der Waals surface area (Å²) >= 11 is 0. The number of nitrogens with zero attached hydrogens (tertiary/aromatic N) is 6. The van der Waals surface area contributed by atoms with Gasteiger partial charge in [0.2, 0.25) is 0 Å². The summed E-state index contributed by atoms with van der Waals surface area (Å²) in [5.74, 6) is 0.987. The highest BCUT2D eigenvalue weighted by Gasteiger charge is 2.29. The zero-order chi connectivity index (χ0) is 37.5. The Kier molecular flexibility index (Phi) is 8.61. The van der Waals surface area contributed by atoms with Gasteiger partial charge in [0.05, 0.1) is 22.7 Å². The number of ether oxygens (including phenoxy) is 3. The molecule has 0 spiro atoms. The van der Waals surface area contributed by atoms with Crippen molar-refractivity contribution in [2.75, 3.05) is 5.73 Å². The minimum atomic E-state index is -2.84. The zero-order valence-corrected chi connectivity index (χ0v) is 29.0. The molecule has 55 heavy (non-hydrogen) atoms. The fourth-order valence-electron chi connectivity index (χ4n) is 7.04. The van der Waals surface area contributed by atoms with E-state index in [9.17, 15) is 13.6 Å². The summed E-state index contributed by atoms with van der Waals surface area (Å²) in [4.78, 5) is 27.5. The van der Waals surface area contributed by atoms with Crippen LogP contribution in [0.3, 0.4) is 0 Å². The monoisotopic (exact) mass is 738 g/mol. The van der Waals surface area contributed by atoms with Crippen molar-refractivity contribution in [3.05, 3.63) is 155 Å². The molecule has 7 aromatic rings. The Morgan fingerprint density at radius 1 is 0.945 bits per heavy atom. The number of nitrogens with one attached hydrogen (secondary N) is 1. The van der Waals surface area contributed by atoms with E-state index in [1.165, 1.54) is 23.3 Å². The third-order valence-electron chi connectivity index (χ3n) is 9.68. The summed E-state index contributed by atoms with van der Waals surface area (Å²) in [5.41, 5.74) is 11.3. The van der Waals surface area contributed by atoms with E-state index in [4.69, 9.17) is 29.9 Å². The number of fused-ring (bicyclic) bond motifs is 2. The first kappa shape index (κ1) is 33.7. The summed E-state index contributed by atoms with van der Waals surface area (Å²) in [6.07, 6.45) is 5.37. The van der Waals surface area contributed by atoms with Crippen LogP contribution in [0.25, 0.3) is 34.1 Å². The molecule has 0 saturated heterocycles. The predicted molar refractivity (Wildman–Crippen MR) is 198 cm³/mol. The number of nitrogen functional groups attached to an aromatic ring is 1. The topological polar surface area (TPSA) is 144 Å². The van der Waals surface area contributed by atoms with Crippen LogP contribution in [0.1, 0.15) is 63.4 Å². The van der Waals surface area contributed by atoms with Crippen LogP contribution >= 0.6 is 0 Å². The van der Waals surface area contributed by atoms with Gasteiger partial charge >= 0.3 is 0 Å². The first-order valence-electron chi connectivity index (χ1n) is 17.5. The van der Waals surface area contributed by atoms with Crippen molar-refractivity contribution in [2.24, 2.45) is 0 Å². The van der Waals surface area contributed by atoms with Gasteiger partial charge in [0.1, 0.15) is 36.2 Å². The lowest BCUT2D eigenvalue weighted by Crippen LogP contribution is -2.27. The van der Waals surface area contributed by atoms with Gasteiger partial charge in [0.15, 0.2) is 17.3 Å². The van der Waals surface area contributed by atoms with E-state index in [1.807, 2.05) is 48.5 Å². The van der Waals surface area contributed by atoms with Crippen molar-refractivity contribution in [1.29, 1.82) is 0 Å². The molecule has 5 heterocycles. The third kappa shape index (κ3) is 6.37. The van der Waals surface area contributed by atoms with Gasteiger partial charge in [-0.2, -0.15) is 5.10 Å². The summed E-state index contributed by atoms with van der Waals surface area (Å²) < 4.78 is 49.7. The number of hydrogen-bond acceptors (Lipinski definition) is 9. The largest absolute Gasteiger partial charge is 0.488 e. The fraction of sp³-hybridized carbons (Fsp3) is 0.146. The highest BCUT2D eigenvalue weighted by atomic mass is 19.3. The van der Waals surface area contributed by atoms with Crippen molar-refractivity contribution in [3.63, 3.8) is 0 Å². The van der Waals surface area contributed by atoms with Gasteiger partial charge in [-0.15, -0.1) is 0 Å². The van der Waals surface area contributed by atoms with Gasteiger partial charge in [-0.1, -0.05) is 36.4 Å². The van der Waals surface area contributed by atoms with Gasteiger partial charge in [0, 0.05) is 29.8 Å². The van der Waals surface area contributed by atoms with Gasteiger partial charge in [-0.05, 0) is 84.1 Å². The molecule has 1 amide bonds. The molecule has 1 aliphatic carbocycles. The Morgan fingerprint density at radius 3 is 2.58 bits per heavy atom. The number of aromatic nitrogens is 6. The molecule has 0 unspecified atom stereocenters. The molecule has 4 aromatic heterocycles. The molecule has 0 radical (unpaired) electrons. The number of imidazole rings is 1. The number of amides is 1. The number of alkyl halides is 2. The van der Waals surface area contributed by atoms with Crippen LogP contribution in [0.4, 0.5) is 14.6 Å². The van der Waals surface area contributed by atoms with E-state index in [2.05, 4.69) is 15.4 Å². The van der Waals surface area contributed by atoms with E-state index < -0.39 is 12.7 Å². The van der Waals surface area contributed by atoms with Gasteiger partial charge in [-0.25, -0.2) is 28.4 Å².